The largest absolute Gasteiger partial charge is 0.361 e. The van der Waals surface area contributed by atoms with Gasteiger partial charge in [-0.15, -0.1) is 0 Å². The summed E-state index contributed by atoms with van der Waals surface area (Å²) in [5, 5.41) is 5.76. The molecule has 0 amide bonds. The highest BCUT2D eigenvalue weighted by Gasteiger charge is 2.22. The van der Waals surface area contributed by atoms with E-state index < -0.39 is 0 Å². The number of benzene rings is 2. The third-order valence-electron chi connectivity index (χ3n) is 5.40. The number of rotatable bonds is 6. The third kappa shape index (κ3) is 3.87. The number of halogens is 1. The Bertz CT molecular complexity index is 882. The molecule has 1 aromatic heterocycles. The molecule has 0 aliphatic carbocycles. The number of fused-ring (bicyclic) bond motifs is 1. The Kier molecular flexibility index (Phi) is 5.42. The van der Waals surface area contributed by atoms with Crippen LogP contribution in [0.4, 0.5) is 0 Å². The van der Waals surface area contributed by atoms with Crippen molar-refractivity contribution in [2.75, 3.05) is 6.54 Å². The van der Waals surface area contributed by atoms with Crippen molar-refractivity contribution in [1.29, 1.82) is 0 Å². The first kappa shape index (κ1) is 17.4. The molecular weight excluding hydrogens is 340 g/mol. The molecule has 4 rings (SSSR count). The van der Waals surface area contributed by atoms with Crippen LogP contribution in [0.15, 0.2) is 66.9 Å². The van der Waals surface area contributed by atoms with Crippen LogP contribution in [-0.4, -0.2) is 17.6 Å². The predicted octanol–water partition coefficient (Wildman–Crippen LogP) is 5.85. The minimum atomic E-state index is 0.483. The summed E-state index contributed by atoms with van der Waals surface area (Å²) < 4.78 is 0. The topological polar surface area (TPSA) is 27.8 Å². The quantitative estimate of drug-likeness (QED) is 0.417. The van der Waals surface area contributed by atoms with Gasteiger partial charge < -0.3 is 10.3 Å². The highest BCUT2D eigenvalue weighted by Crippen LogP contribution is 2.28. The summed E-state index contributed by atoms with van der Waals surface area (Å²) in [7, 11) is 0. The van der Waals surface area contributed by atoms with Crippen molar-refractivity contribution >= 4 is 22.5 Å². The second kappa shape index (κ2) is 8.11. The number of aromatic amines is 1. The van der Waals surface area contributed by atoms with Gasteiger partial charge in [0, 0.05) is 40.6 Å². The molecular formula is C23H25ClN2. The Morgan fingerprint density at radius 2 is 1.92 bits per heavy atom. The lowest BCUT2D eigenvalue weighted by Gasteiger charge is -2.29. The van der Waals surface area contributed by atoms with Crippen LogP contribution in [0.5, 0.6) is 0 Å². The minimum absolute atomic E-state index is 0.483. The van der Waals surface area contributed by atoms with Crippen molar-refractivity contribution in [2.45, 2.75) is 37.6 Å². The van der Waals surface area contributed by atoms with E-state index in [0.29, 0.717) is 12.0 Å². The first-order valence-corrected chi connectivity index (χ1v) is 9.89. The van der Waals surface area contributed by atoms with Crippen molar-refractivity contribution in [2.24, 2.45) is 0 Å². The maximum Gasteiger partial charge on any atom is 0.0457 e. The summed E-state index contributed by atoms with van der Waals surface area (Å²) in [6.45, 7) is 0.981. The molecule has 0 spiro atoms. The first-order valence-electron chi connectivity index (χ1n) is 9.52. The Morgan fingerprint density at radius 3 is 2.81 bits per heavy atom. The predicted molar refractivity (Wildman–Crippen MR) is 111 cm³/mol. The highest BCUT2D eigenvalue weighted by atomic mass is 35.5. The Labute approximate surface area is 160 Å². The van der Waals surface area contributed by atoms with Crippen LogP contribution in [0.3, 0.4) is 0 Å². The molecule has 2 heterocycles. The molecule has 2 aromatic carbocycles. The van der Waals surface area contributed by atoms with E-state index in [-0.39, 0.29) is 0 Å². The van der Waals surface area contributed by atoms with E-state index in [1.807, 2.05) is 6.07 Å². The zero-order valence-electron chi connectivity index (χ0n) is 14.9. The molecule has 2 N–H and O–H groups in total. The normalized spacial score (nSPS) is 19.9. The lowest BCUT2D eigenvalue weighted by molar-refractivity contribution is 0.432. The van der Waals surface area contributed by atoms with Gasteiger partial charge in [-0.25, -0.2) is 0 Å². The number of aryl methyl sites for hydroxylation is 1. The van der Waals surface area contributed by atoms with E-state index in [1.165, 1.54) is 41.3 Å². The van der Waals surface area contributed by atoms with Crippen molar-refractivity contribution in [1.82, 2.24) is 10.3 Å². The molecule has 3 aromatic rings. The van der Waals surface area contributed by atoms with Crippen molar-refractivity contribution in [3.63, 3.8) is 0 Å². The van der Waals surface area contributed by atoms with E-state index in [1.54, 1.807) is 0 Å². The number of H-pyrrole nitrogens is 1. The fourth-order valence-electron chi connectivity index (χ4n) is 4.03. The van der Waals surface area contributed by atoms with Crippen LogP contribution in [-0.2, 0) is 6.42 Å². The Balaban J connectivity index is 1.35. The molecule has 26 heavy (non-hydrogen) atoms. The fourth-order valence-corrected chi connectivity index (χ4v) is 4.20. The molecule has 0 fully saturated rings. The van der Waals surface area contributed by atoms with Gasteiger partial charge in [0.05, 0.1) is 0 Å². The molecule has 2 atom stereocenters. The number of nitrogens with one attached hydrogen (secondary N) is 2. The van der Waals surface area contributed by atoms with Gasteiger partial charge in [0.1, 0.15) is 0 Å². The number of hydrogen-bond donors (Lipinski definition) is 2. The van der Waals surface area contributed by atoms with Gasteiger partial charge in [-0.2, -0.15) is 0 Å². The molecule has 1 aliphatic heterocycles. The maximum absolute atomic E-state index is 6.16. The van der Waals surface area contributed by atoms with Gasteiger partial charge in [-0.1, -0.05) is 60.5 Å². The molecule has 0 bridgehead atoms. The van der Waals surface area contributed by atoms with Crippen LogP contribution < -0.4 is 5.32 Å². The van der Waals surface area contributed by atoms with Crippen LogP contribution in [0, 0.1) is 0 Å². The fraction of sp³-hybridized carbons (Fsp3) is 0.304. The third-order valence-corrected chi connectivity index (χ3v) is 5.64. The summed E-state index contributed by atoms with van der Waals surface area (Å²) >= 11 is 6.16. The standard InChI is InChI=1S/C23H25ClN2/c24-19-12-13-23-21(15-19)18(16-26-23)9-4-5-11-22-20(10-6-14-25-22)17-7-2-1-3-8-17/h1-3,6-8,10,12-13,15-16,20,22,25-26H,4-5,9,11,14H2. The van der Waals surface area contributed by atoms with Crippen LogP contribution in [0.2, 0.25) is 5.02 Å². The van der Waals surface area contributed by atoms with E-state index >= 15 is 0 Å². The molecule has 0 radical (unpaired) electrons. The van der Waals surface area contributed by atoms with Crippen LogP contribution in [0.1, 0.15) is 36.3 Å². The number of aromatic nitrogens is 1. The molecule has 3 heteroatoms. The lowest BCUT2D eigenvalue weighted by Crippen LogP contribution is -2.37. The summed E-state index contributed by atoms with van der Waals surface area (Å²) in [6.07, 6.45) is 11.5. The minimum Gasteiger partial charge on any atom is -0.361 e. The summed E-state index contributed by atoms with van der Waals surface area (Å²) in [5.74, 6) is 0.483. The van der Waals surface area contributed by atoms with Gasteiger partial charge in [0.2, 0.25) is 0 Å². The van der Waals surface area contributed by atoms with Gasteiger partial charge in [0.25, 0.3) is 0 Å². The zero-order chi connectivity index (χ0) is 17.8. The Morgan fingerprint density at radius 1 is 1.04 bits per heavy atom. The number of unbranched alkanes of at least 4 members (excludes halogenated alkanes) is 1. The van der Waals surface area contributed by atoms with Crippen molar-refractivity contribution in [3.8, 4) is 0 Å². The van der Waals surface area contributed by atoms with E-state index in [2.05, 4.69) is 71.1 Å². The van der Waals surface area contributed by atoms with Crippen LogP contribution >= 0.6 is 11.6 Å². The average Bonchev–Trinajstić information content (AvgIpc) is 3.08. The van der Waals surface area contributed by atoms with Crippen LogP contribution in [0.25, 0.3) is 10.9 Å². The van der Waals surface area contributed by atoms with Crippen molar-refractivity contribution in [3.05, 3.63) is 83.0 Å². The van der Waals surface area contributed by atoms with Gasteiger partial charge in [-0.3, -0.25) is 0 Å². The van der Waals surface area contributed by atoms with E-state index in [0.717, 1.165) is 18.0 Å². The highest BCUT2D eigenvalue weighted by molar-refractivity contribution is 6.31. The van der Waals surface area contributed by atoms with Gasteiger partial charge in [-0.05, 0) is 48.6 Å². The van der Waals surface area contributed by atoms with Gasteiger partial charge in [0.15, 0.2) is 0 Å². The molecule has 2 nitrogen and oxygen atoms in total. The second-order valence-electron chi connectivity index (χ2n) is 7.13. The van der Waals surface area contributed by atoms with E-state index in [9.17, 15) is 0 Å². The average molecular weight is 365 g/mol. The monoisotopic (exact) mass is 364 g/mol. The summed E-state index contributed by atoms with van der Waals surface area (Å²) in [5.41, 5.74) is 3.96. The van der Waals surface area contributed by atoms with Crippen molar-refractivity contribution < 1.29 is 0 Å². The molecule has 0 saturated heterocycles. The first-order chi connectivity index (χ1) is 12.8. The van der Waals surface area contributed by atoms with Gasteiger partial charge >= 0.3 is 0 Å². The smallest absolute Gasteiger partial charge is 0.0457 e. The van der Waals surface area contributed by atoms with E-state index in [4.69, 9.17) is 11.6 Å². The molecule has 2 unspecified atom stereocenters. The second-order valence-corrected chi connectivity index (χ2v) is 7.57. The Hall–Kier alpha value is -2.03. The summed E-state index contributed by atoms with van der Waals surface area (Å²) in [4.78, 5) is 3.35. The summed E-state index contributed by atoms with van der Waals surface area (Å²) in [6, 6.07) is 17.4. The molecule has 134 valence electrons. The number of hydrogen-bond acceptors (Lipinski definition) is 1. The molecule has 1 aliphatic rings. The zero-order valence-corrected chi connectivity index (χ0v) is 15.7. The SMILES string of the molecule is Clc1ccc2[nH]cc(CCCCC3NCC=CC3c3ccccc3)c2c1. The maximum atomic E-state index is 6.16. The molecule has 0 saturated carbocycles. The lowest BCUT2D eigenvalue weighted by atomic mass is 9.86.